The third-order valence-electron chi connectivity index (χ3n) is 2.81. The lowest BCUT2D eigenvalue weighted by Gasteiger charge is -2.10. The second-order valence-corrected chi connectivity index (χ2v) is 5.43. The molecule has 0 spiro atoms. The van der Waals surface area contributed by atoms with Crippen LogP contribution in [0.3, 0.4) is 0 Å². The number of rotatable bonds is 6. The summed E-state index contributed by atoms with van der Waals surface area (Å²) < 4.78 is 5.49. The Morgan fingerprint density at radius 2 is 2.23 bits per heavy atom. The molecule has 0 bridgehead atoms. The second-order valence-electron chi connectivity index (χ2n) is 4.25. The Labute approximate surface area is 136 Å². The predicted molar refractivity (Wildman–Crippen MR) is 82.5 cm³/mol. The van der Waals surface area contributed by atoms with Crippen LogP contribution in [0.5, 0.6) is 5.88 Å². The van der Waals surface area contributed by atoms with Crippen LogP contribution in [0, 0.1) is 0 Å². The lowest BCUT2D eigenvalue weighted by molar-refractivity contribution is 0.0689. The van der Waals surface area contributed by atoms with Crippen molar-refractivity contribution in [3.8, 4) is 5.88 Å². The number of carbonyl (C=O) groups is 1. The maximum absolute atomic E-state index is 11.2. The number of aromatic nitrogens is 2. The standard InChI is InChI=1S/C14H13ClN2O4S/c1-22-14-16-5-10(13(19)20)12(17-14)21-7-8-2-3-9(6-18)11(15)4-8/h2-5,18H,6-7H2,1H3,(H,19,20). The monoisotopic (exact) mass is 340 g/mol. The largest absolute Gasteiger partial charge is 0.477 e. The molecule has 0 aliphatic heterocycles. The van der Waals surface area contributed by atoms with Crippen LogP contribution in [0.15, 0.2) is 29.6 Å². The third kappa shape index (κ3) is 3.88. The van der Waals surface area contributed by atoms with Crippen LogP contribution < -0.4 is 4.74 Å². The molecule has 1 aromatic heterocycles. The summed E-state index contributed by atoms with van der Waals surface area (Å²) in [6, 6.07) is 5.09. The third-order valence-corrected chi connectivity index (χ3v) is 3.72. The first-order valence-electron chi connectivity index (χ1n) is 6.20. The first kappa shape index (κ1) is 16.5. The summed E-state index contributed by atoms with van der Waals surface area (Å²) in [6.07, 6.45) is 3.01. The van der Waals surface area contributed by atoms with E-state index in [2.05, 4.69) is 9.97 Å². The van der Waals surface area contributed by atoms with Crippen molar-refractivity contribution in [2.45, 2.75) is 18.4 Å². The molecule has 0 unspecified atom stereocenters. The van der Waals surface area contributed by atoms with Gasteiger partial charge in [0.25, 0.3) is 0 Å². The Balaban J connectivity index is 2.20. The zero-order valence-corrected chi connectivity index (χ0v) is 13.2. The number of benzene rings is 1. The van der Waals surface area contributed by atoms with Gasteiger partial charge >= 0.3 is 5.97 Å². The van der Waals surface area contributed by atoms with Crippen molar-refractivity contribution in [2.24, 2.45) is 0 Å². The number of hydrogen-bond acceptors (Lipinski definition) is 6. The van der Waals surface area contributed by atoms with Gasteiger partial charge in [0, 0.05) is 11.2 Å². The van der Waals surface area contributed by atoms with Crippen molar-refractivity contribution < 1.29 is 19.7 Å². The van der Waals surface area contributed by atoms with Gasteiger partial charge in [-0.3, -0.25) is 0 Å². The molecule has 0 fully saturated rings. The average Bonchev–Trinajstić information content (AvgIpc) is 2.52. The van der Waals surface area contributed by atoms with Gasteiger partial charge in [0.1, 0.15) is 12.2 Å². The van der Waals surface area contributed by atoms with Crippen LogP contribution in [-0.4, -0.2) is 32.4 Å². The molecule has 1 heterocycles. The van der Waals surface area contributed by atoms with Gasteiger partial charge in [0.2, 0.25) is 5.88 Å². The number of aliphatic hydroxyl groups is 1. The smallest absolute Gasteiger partial charge is 0.342 e. The summed E-state index contributed by atoms with van der Waals surface area (Å²) in [6.45, 7) is -0.0390. The molecule has 0 saturated heterocycles. The first-order valence-corrected chi connectivity index (χ1v) is 7.80. The summed E-state index contributed by atoms with van der Waals surface area (Å²) in [5, 5.41) is 19.0. The number of nitrogens with zero attached hydrogens (tertiary/aromatic N) is 2. The van der Waals surface area contributed by atoms with Crippen molar-refractivity contribution in [3.05, 3.63) is 46.1 Å². The molecule has 0 aliphatic rings. The first-order chi connectivity index (χ1) is 10.5. The highest BCUT2D eigenvalue weighted by Gasteiger charge is 2.15. The average molecular weight is 341 g/mol. The fraction of sp³-hybridized carbons (Fsp3) is 0.214. The van der Waals surface area contributed by atoms with Crippen LogP contribution in [0.4, 0.5) is 0 Å². The van der Waals surface area contributed by atoms with E-state index in [0.29, 0.717) is 15.7 Å². The van der Waals surface area contributed by atoms with Crippen molar-refractivity contribution in [1.82, 2.24) is 9.97 Å². The summed E-state index contributed by atoms with van der Waals surface area (Å²) in [7, 11) is 0. The van der Waals surface area contributed by atoms with E-state index in [0.717, 1.165) is 5.56 Å². The van der Waals surface area contributed by atoms with Crippen LogP contribution in [0.1, 0.15) is 21.5 Å². The van der Waals surface area contributed by atoms with E-state index < -0.39 is 5.97 Å². The van der Waals surface area contributed by atoms with E-state index >= 15 is 0 Å². The molecule has 2 aromatic rings. The zero-order valence-electron chi connectivity index (χ0n) is 11.6. The molecular formula is C14H13ClN2O4S. The summed E-state index contributed by atoms with van der Waals surface area (Å²) in [5.74, 6) is -1.15. The van der Waals surface area contributed by atoms with E-state index in [4.69, 9.17) is 26.6 Å². The maximum Gasteiger partial charge on any atom is 0.342 e. The van der Waals surface area contributed by atoms with Crippen molar-refractivity contribution in [3.63, 3.8) is 0 Å². The van der Waals surface area contributed by atoms with Crippen molar-refractivity contribution in [2.75, 3.05) is 6.26 Å². The molecule has 8 heteroatoms. The molecule has 2 N–H and O–H groups in total. The minimum Gasteiger partial charge on any atom is -0.477 e. The van der Waals surface area contributed by atoms with Crippen molar-refractivity contribution >= 4 is 29.3 Å². The molecule has 0 saturated carbocycles. The molecule has 22 heavy (non-hydrogen) atoms. The van der Waals surface area contributed by atoms with E-state index in [-0.39, 0.29) is 24.7 Å². The number of thioether (sulfide) groups is 1. The quantitative estimate of drug-likeness (QED) is 0.616. The molecule has 116 valence electrons. The van der Waals surface area contributed by atoms with E-state index in [9.17, 15) is 4.79 Å². The van der Waals surface area contributed by atoms with Gasteiger partial charge < -0.3 is 14.9 Å². The lowest BCUT2D eigenvalue weighted by atomic mass is 10.1. The lowest BCUT2D eigenvalue weighted by Crippen LogP contribution is -2.07. The van der Waals surface area contributed by atoms with Gasteiger partial charge in [-0.15, -0.1) is 0 Å². The Kier molecular flexibility index (Phi) is 5.59. The Morgan fingerprint density at radius 3 is 2.82 bits per heavy atom. The van der Waals surface area contributed by atoms with Crippen LogP contribution in [-0.2, 0) is 13.2 Å². The van der Waals surface area contributed by atoms with Crippen LogP contribution >= 0.6 is 23.4 Å². The van der Waals surface area contributed by atoms with E-state index in [1.807, 2.05) is 0 Å². The van der Waals surface area contributed by atoms with Crippen LogP contribution in [0.25, 0.3) is 0 Å². The molecule has 6 nitrogen and oxygen atoms in total. The van der Waals surface area contributed by atoms with Gasteiger partial charge in [-0.25, -0.2) is 9.78 Å². The molecule has 0 radical (unpaired) electrons. The zero-order chi connectivity index (χ0) is 16.1. The van der Waals surface area contributed by atoms with Gasteiger partial charge in [-0.2, -0.15) is 4.98 Å². The molecule has 1 aromatic carbocycles. The highest BCUT2D eigenvalue weighted by atomic mass is 35.5. The highest BCUT2D eigenvalue weighted by Crippen LogP contribution is 2.22. The minimum atomic E-state index is -1.16. The number of halogens is 1. The molecule has 2 rings (SSSR count). The van der Waals surface area contributed by atoms with Gasteiger partial charge in [0.05, 0.1) is 6.61 Å². The van der Waals surface area contributed by atoms with Gasteiger partial charge in [-0.1, -0.05) is 35.5 Å². The Bertz CT molecular complexity index is 697. The summed E-state index contributed by atoms with van der Waals surface area (Å²) >= 11 is 7.29. The van der Waals surface area contributed by atoms with Crippen molar-refractivity contribution in [1.29, 1.82) is 0 Å². The maximum atomic E-state index is 11.2. The number of hydrogen-bond donors (Lipinski definition) is 2. The van der Waals surface area contributed by atoms with Gasteiger partial charge in [0.15, 0.2) is 5.16 Å². The number of carboxylic acids is 1. The fourth-order valence-electron chi connectivity index (χ4n) is 1.67. The van der Waals surface area contributed by atoms with Gasteiger partial charge in [-0.05, 0) is 23.4 Å². The van der Waals surface area contributed by atoms with Crippen LogP contribution in [0.2, 0.25) is 5.02 Å². The SMILES string of the molecule is CSc1ncc(C(=O)O)c(OCc2ccc(CO)c(Cl)c2)n1. The van der Waals surface area contributed by atoms with E-state index in [1.54, 1.807) is 24.5 Å². The Morgan fingerprint density at radius 1 is 1.45 bits per heavy atom. The summed E-state index contributed by atoms with van der Waals surface area (Å²) in [4.78, 5) is 19.1. The molecule has 0 aliphatic carbocycles. The topological polar surface area (TPSA) is 92.5 Å². The normalized spacial score (nSPS) is 10.5. The molecule has 0 atom stereocenters. The number of ether oxygens (including phenoxy) is 1. The minimum absolute atomic E-state index is 0.00853. The highest BCUT2D eigenvalue weighted by molar-refractivity contribution is 7.98. The molecule has 0 amide bonds. The number of aliphatic hydroxyl groups excluding tert-OH is 1. The number of carboxylic acid groups (broad SMARTS) is 1. The predicted octanol–water partition coefficient (Wildman–Crippen LogP) is 2.62. The fourth-order valence-corrected chi connectivity index (χ4v) is 2.26. The number of aromatic carboxylic acids is 1. The summed E-state index contributed by atoms with van der Waals surface area (Å²) in [5.41, 5.74) is 1.25. The molecular weight excluding hydrogens is 328 g/mol. The second kappa shape index (κ2) is 7.44. The van der Waals surface area contributed by atoms with E-state index in [1.165, 1.54) is 18.0 Å². The Hall–Kier alpha value is -1.83.